The molecule has 0 rings (SSSR count). The molecule has 1 unspecified atom stereocenters. The number of hydrogen-bond acceptors (Lipinski definition) is 6. The molecule has 0 aromatic carbocycles. The van der Waals surface area contributed by atoms with E-state index in [-0.39, 0.29) is 24.4 Å². The third-order valence-corrected chi connectivity index (χ3v) is 10.8. The molecule has 1 amide bonds. The second-order valence-corrected chi connectivity index (χ2v) is 18.5. The Bertz CT molecular complexity index is 788. The van der Waals surface area contributed by atoms with Crippen molar-refractivity contribution in [1.29, 1.82) is 0 Å². The number of alkyl carbamates (subject to hydrolysis) is 1. The van der Waals surface area contributed by atoms with Gasteiger partial charge in [-0.3, -0.25) is 0 Å². The standard InChI is InChI=1S/C46H93NO5.C6H14O/c1-5-7-9-11-13-15-17-19-21-23-25-27-29-31-33-35-39-49-42-45(43-52-46(48)47-38-37-41-50-44(3)4)51-40-36-34-32-30-28-26-24-22-20-18-16-14-12-10-8-6-2;1-5-7-6(2,3)4/h44-45H,5-43H2,1-4H3,(H,47,48);5H2,1-4H3. The van der Waals surface area contributed by atoms with Crippen LogP contribution in [0.3, 0.4) is 0 Å². The zero-order chi connectivity index (χ0) is 43.8. The van der Waals surface area contributed by atoms with Crippen LogP contribution in [0, 0.1) is 0 Å². The summed E-state index contributed by atoms with van der Waals surface area (Å²) < 4.78 is 28.5. The lowest BCUT2D eigenvalue weighted by Gasteiger charge is -2.18. The van der Waals surface area contributed by atoms with E-state index in [0.717, 1.165) is 32.5 Å². The molecule has 0 heterocycles. The second-order valence-electron chi connectivity index (χ2n) is 18.5. The Labute approximate surface area is 370 Å². The van der Waals surface area contributed by atoms with Gasteiger partial charge in [0, 0.05) is 33.0 Å². The van der Waals surface area contributed by atoms with Gasteiger partial charge in [-0.2, -0.15) is 0 Å². The number of unbranched alkanes of at least 4 members (excludes halogenated alkanes) is 30. The first kappa shape index (κ1) is 60.2. The van der Waals surface area contributed by atoms with Crippen LogP contribution in [0.1, 0.15) is 267 Å². The molecule has 0 bridgehead atoms. The van der Waals surface area contributed by atoms with Gasteiger partial charge in [-0.1, -0.05) is 206 Å². The molecule has 0 aliphatic carbocycles. The van der Waals surface area contributed by atoms with E-state index in [4.69, 9.17) is 23.7 Å². The van der Waals surface area contributed by atoms with Gasteiger partial charge in [-0.15, -0.1) is 0 Å². The highest BCUT2D eigenvalue weighted by Crippen LogP contribution is 2.16. The monoisotopic (exact) mass is 842 g/mol. The van der Waals surface area contributed by atoms with Crippen LogP contribution in [-0.2, 0) is 23.7 Å². The van der Waals surface area contributed by atoms with Crippen LogP contribution in [0.4, 0.5) is 4.79 Å². The van der Waals surface area contributed by atoms with Crippen LogP contribution in [0.2, 0.25) is 0 Å². The van der Waals surface area contributed by atoms with Crippen LogP contribution in [-0.4, -0.2) is 70.1 Å². The summed E-state index contributed by atoms with van der Waals surface area (Å²) in [6.07, 6.45) is 44.1. The molecule has 1 atom stereocenters. The molecule has 0 aromatic heterocycles. The van der Waals surface area contributed by atoms with Gasteiger partial charge in [0.1, 0.15) is 12.7 Å². The van der Waals surface area contributed by atoms with Crippen molar-refractivity contribution in [2.45, 2.75) is 285 Å². The smallest absolute Gasteiger partial charge is 0.407 e. The van der Waals surface area contributed by atoms with Crippen molar-refractivity contribution in [3.63, 3.8) is 0 Å². The van der Waals surface area contributed by atoms with Gasteiger partial charge in [0.15, 0.2) is 0 Å². The predicted molar refractivity (Wildman–Crippen MR) is 256 cm³/mol. The summed E-state index contributed by atoms with van der Waals surface area (Å²) in [6, 6.07) is 0. The first-order chi connectivity index (χ1) is 28.7. The lowest BCUT2D eigenvalue weighted by atomic mass is 10.0. The van der Waals surface area contributed by atoms with Crippen molar-refractivity contribution < 1.29 is 28.5 Å². The number of amides is 1. The van der Waals surface area contributed by atoms with Gasteiger partial charge in [0.25, 0.3) is 0 Å². The molecule has 7 heteroatoms. The number of carbonyl (C=O) groups excluding carboxylic acids is 1. The Kier molecular flexibility index (Phi) is 50.8. The van der Waals surface area contributed by atoms with Crippen molar-refractivity contribution in [3.8, 4) is 0 Å². The molecular weight excluding hydrogens is 735 g/mol. The molecule has 0 saturated carbocycles. The number of hydrogen-bond donors (Lipinski definition) is 1. The number of nitrogens with one attached hydrogen (secondary N) is 1. The van der Waals surface area contributed by atoms with Crippen LogP contribution >= 0.6 is 0 Å². The molecule has 0 aliphatic rings. The SMILES string of the molecule is CCCCCCCCCCCCCCCCCCOCC(COC(=O)NCCCOC(C)C)OCCCCCCCCCCCCCCCCCC.CCOC(C)(C)C. The summed E-state index contributed by atoms with van der Waals surface area (Å²) in [5.41, 5.74) is 0.0503. The Morgan fingerprint density at radius 2 is 0.814 bits per heavy atom. The summed E-state index contributed by atoms with van der Waals surface area (Å²) in [6.45, 7) is 20.9. The highest BCUT2D eigenvalue weighted by molar-refractivity contribution is 5.67. The first-order valence-corrected chi connectivity index (χ1v) is 26.0. The summed E-state index contributed by atoms with van der Waals surface area (Å²) in [4.78, 5) is 12.2. The van der Waals surface area contributed by atoms with Crippen LogP contribution in [0.5, 0.6) is 0 Å². The highest BCUT2D eigenvalue weighted by atomic mass is 16.6. The third-order valence-electron chi connectivity index (χ3n) is 10.8. The maximum absolute atomic E-state index is 12.2. The maximum Gasteiger partial charge on any atom is 0.407 e. The molecule has 59 heavy (non-hydrogen) atoms. The van der Waals surface area contributed by atoms with Gasteiger partial charge in [0.05, 0.1) is 18.3 Å². The summed E-state index contributed by atoms with van der Waals surface area (Å²) in [5, 5.41) is 2.83. The van der Waals surface area contributed by atoms with Crippen molar-refractivity contribution in [2.24, 2.45) is 0 Å². The maximum atomic E-state index is 12.2. The molecule has 7 nitrogen and oxygen atoms in total. The quantitative estimate of drug-likeness (QED) is 0.0616. The molecule has 0 aliphatic heterocycles. The summed E-state index contributed by atoms with van der Waals surface area (Å²) >= 11 is 0. The van der Waals surface area contributed by atoms with Gasteiger partial charge < -0.3 is 29.0 Å². The van der Waals surface area contributed by atoms with E-state index in [2.05, 4.69) is 39.9 Å². The van der Waals surface area contributed by atoms with E-state index in [1.807, 2.05) is 20.8 Å². The molecular formula is C52H107NO6. The number of rotatable bonds is 45. The Hall–Kier alpha value is -0.890. The zero-order valence-corrected chi connectivity index (χ0v) is 41.4. The fourth-order valence-electron chi connectivity index (χ4n) is 7.25. The molecule has 0 radical (unpaired) electrons. The molecule has 356 valence electrons. The predicted octanol–water partition coefficient (Wildman–Crippen LogP) is 16.3. The number of ether oxygens (including phenoxy) is 5. The van der Waals surface area contributed by atoms with Crippen LogP contribution < -0.4 is 5.32 Å². The minimum atomic E-state index is -0.390. The normalized spacial score (nSPS) is 12.2. The zero-order valence-electron chi connectivity index (χ0n) is 41.4. The van der Waals surface area contributed by atoms with Crippen LogP contribution in [0.25, 0.3) is 0 Å². The average Bonchev–Trinajstić information content (AvgIpc) is 3.19. The largest absolute Gasteiger partial charge is 0.447 e. The minimum Gasteiger partial charge on any atom is -0.447 e. The van der Waals surface area contributed by atoms with E-state index in [0.29, 0.717) is 26.4 Å². The topological polar surface area (TPSA) is 75.3 Å². The average molecular weight is 842 g/mol. The molecule has 0 aromatic rings. The van der Waals surface area contributed by atoms with Gasteiger partial charge >= 0.3 is 6.09 Å². The molecule has 1 N–H and O–H groups in total. The Morgan fingerprint density at radius 1 is 0.458 bits per heavy atom. The Morgan fingerprint density at radius 3 is 1.15 bits per heavy atom. The highest BCUT2D eigenvalue weighted by Gasteiger charge is 2.13. The molecule has 0 saturated heterocycles. The van der Waals surface area contributed by atoms with Gasteiger partial charge in [0.2, 0.25) is 0 Å². The van der Waals surface area contributed by atoms with E-state index in [1.165, 1.54) is 193 Å². The van der Waals surface area contributed by atoms with Crippen molar-refractivity contribution >= 4 is 6.09 Å². The lowest BCUT2D eigenvalue weighted by Crippen LogP contribution is -2.32. The van der Waals surface area contributed by atoms with Crippen LogP contribution in [0.15, 0.2) is 0 Å². The van der Waals surface area contributed by atoms with Crippen molar-refractivity contribution in [2.75, 3.05) is 46.2 Å². The van der Waals surface area contributed by atoms with Crippen molar-refractivity contribution in [3.05, 3.63) is 0 Å². The first-order valence-electron chi connectivity index (χ1n) is 26.0. The summed E-state index contributed by atoms with van der Waals surface area (Å²) in [7, 11) is 0. The van der Waals surface area contributed by atoms with E-state index < -0.39 is 6.09 Å². The summed E-state index contributed by atoms with van der Waals surface area (Å²) in [5.74, 6) is 0. The second kappa shape index (κ2) is 49.8. The van der Waals surface area contributed by atoms with Gasteiger partial charge in [-0.25, -0.2) is 4.79 Å². The number of carbonyl (C=O) groups is 1. The van der Waals surface area contributed by atoms with E-state index in [9.17, 15) is 4.79 Å². The van der Waals surface area contributed by atoms with Gasteiger partial charge in [-0.05, 0) is 60.8 Å². The minimum absolute atomic E-state index is 0.0503. The third kappa shape index (κ3) is 57.1. The van der Waals surface area contributed by atoms with Crippen molar-refractivity contribution in [1.82, 2.24) is 5.32 Å². The molecule has 0 fully saturated rings. The Balaban J connectivity index is 0. The fourth-order valence-corrected chi connectivity index (χ4v) is 7.25. The van der Waals surface area contributed by atoms with E-state index in [1.54, 1.807) is 0 Å². The lowest BCUT2D eigenvalue weighted by molar-refractivity contribution is -0.0468. The fraction of sp³-hybridized carbons (Fsp3) is 0.981. The van der Waals surface area contributed by atoms with E-state index >= 15 is 0 Å². The molecule has 0 spiro atoms.